The molecule has 0 aromatic carbocycles. The lowest BCUT2D eigenvalue weighted by Crippen LogP contribution is -2.19. The summed E-state index contributed by atoms with van der Waals surface area (Å²) in [7, 11) is 0. The van der Waals surface area contributed by atoms with Gasteiger partial charge >= 0.3 is 0 Å². The summed E-state index contributed by atoms with van der Waals surface area (Å²) in [6.45, 7) is 6.28. The molecule has 0 radical (unpaired) electrons. The van der Waals surface area contributed by atoms with E-state index in [0.29, 0.717) is 17.7 Å². The predicted molar refractivity (Wildman–Crippen MR) is 58.7 cm³/mol. The smallest absolute Gasteiger partial charge is 0.218 e. The zero-order chi connectivity index (χ0) is 10.6. The van der Waals surface area contributed by atoms with Crippen molar-refractivity contribution in [1.82, 2.24) is 4.98 Å². The zero-order valence-corrected chi connectivity index (χ0v) is 9.58. The van der Waals surface area contributed by atoms with E-state index in [1.54, 1.807) is 6.20 Å². The fourth-order valence-corrected chi connectivity index (χ4v) is 1.15. The summed E-state index contributed by atoms with van der Waals surface area (Å²) in [6.07, 6.45) is 1.88. The van der Waals surface area contributed by atoms with Crippen molar-refractivity contribution < 1.29 is 4.74 Å². The number of alkyl halides is 1. The first-order valence-electron chi connectivity index (χ1n) is 4.81. The third-order valence-electron chi connectivity index (χ3n) is 2.23. The molecule has 1 heterocycles. The van der Waals surface area contributed by atoms with Gasteiger partial charge in [0.1, 0.15) is 0 Å². The summed E-state index contributed by atoms with van der Waals surface area (Å²) in [4.78, 5) is 4.17. The van der Waals surface area contributed by atoms with Crippen molar-refractivity contribution in [2.45, 2.75) is 32.8 Å². The Hall–Kier alpha value is -0.760. The van der Waals surface area contributed by atoms with Crippen LogP contribution in [0.5, 0.6) is 5.88 Å². The maximum absolute atomic E-state index is 5.78. The summed E-state index contributed by atoms with van der Waals surface area (Å²) in [6, 6.07) is 3.80. The number of pyridine rings is 1. The predicted octanol–water partition coefficient (Wildman–Crippen LogP) is 3.24. The van der Waals surface area contributed by atoms with Crippen LogP contribution in [0.3, 0.4) is 0 Å². The summed E-state index contributed by atoms with van der Waals surface area (Å²) in [5.41, 5.74) is 0.946. The van der Waals surface area contributed by atoms with Crippen LogP contribution in [0.2, 0.25) is 0 Å². The maximum atomic E-state index is 5.78. The van der Waals surface area contributed by atoms with E-state index in [1.807, 2.05) is 19.1 Å². The molecule has 2 nitrogen and oxygen atoms in total. The van der Waals surface area contributed by atoms with Crippen LogP contribution < -0.4 is 4.74 Å². The van der Waals surface area contributed by atoms with Gasteiger partial charge in [-0.1, -0.05) is 19.9 Å². The molecule has 1 aromatic heterocycles. The third kappa shape index (κ3) is 2.88. The van der Waals surface area contributed by atoms with Crippen LogP contribution in [-0.2, 0) is 5.88 Å². The molecule has 14 heavy (non-hydrogen) atoms. The molecule has 1 unspecified atom stereocenters. The first-order chi connectivity index (χ1) is 6.65. The molecule has 0 saturated heterocycles. The van der Waals surface area contributed by atoms with Crippen LogP contribution in [-0.4, -0.2) is 11.1 Å². The van der Waals surface area contributed by atoms with Crippen LogP contribution in [0.1, 0.15) is 26.3 Å². The minimum absolute atomic E-state index is 0.159. The van der Waals surface area contributed by atoms with Crippen LogP contribution in [0, 0.1) is 5.92 Å². The molecule has 0 amide bonds. The molecule has 0 N–H and O–H groups in total. The summed E-state index contributed by atoms with van der Waals surface area (Å²) in [5.74, 6) is 1.57. The molecule has 0 aliphatic heterocycles. The van der Waals surface area contributed by atoms with Gasteiger partial charge in [0.05, 0.1) is 12.0 Å². The molecular weight excluding hydrogens is 198 g/mol. The standard InChI is InChI=1S/C11H16ClNO/c1-8(2)9(3)14-11-10(7-12)5-4-6-13-11/h4-6,8-9H,7H2,1-3H3. The van der Waals surface area contributed by atoms with Gasteiger partial charge in [0.25, 0.3) is 0 Å². The van der Waals surface area contributed by atoms with E-state index in [0.717, 1.165) is 5.56 Å². The molecule has 78 valence electrons. The van der Waals surface area contributed by atoms with E-state index in [2.05, 4.69) is 18.8 Å². The lowest BCUT2D eigenvalue weighted by Gasteiger charge is -2.18. The quantitative estimate of drug-likeness (QED) is 0.717. The number of hydrogen-bond acceptors (Lipinski definition) is 2. The van der Waals surface area contributed by atoms with E-state index < -0.39 is 0 Å². The second kappa shape index (κ2) is 5.20. The fraction of sp³-hybridized carbons (Fsp3) is 0.545. The van der Waals surface area contributed by atoms with E-state index in [9.17, 15) is 0 Å². The van der Waals surface area contributed by atoms with Crippen LogP contribution in [0.4, 0.5) is 0 Å². The lowest BCUT2D eigenvalue weighted by atomic mass is 10.1. The lowest BCUT2D eigenvalue weighted by molar-refractivity contribution is 0.162. The molecule has 0 aliphatic carbocycles. The summed E-state index contributed by atoms with van der Waals surface area (Å²) >= 11 is 5.78. The van der Waals surface area contributed by atoms with Gasteiger partial charge in [-0.2, -0.15) is 0 Å². The Morgan fingerprint density at radius 1 is 1.43 bits per heavy atom. The van der Waals surface area contributed by atoms with Gasteiger partial charge < -0.3 is 4.74 Å². The van der Waals surface area contributed by atoms with E-state index >= 15 is 0 Å². The van der Waals surface area contributed by atoms with Crippen molar-refractivity contribution in [2.24, 2.45) is 5.92 Å². The minimum Gasteiger partial charge on any atom is -0.474 e. The maximum Gasteiger partial charge on any atom is 0.218 e. The molecule has 0 fully saturated rings. The number of aromatic nitrogens is 1. The van der Waals surface area contributed by atoms with E-state index in [-0.39, 0.29) is 6.10 Å². The van der Waals surface area contributed by atoms with Crippen molar-refractivity contribution in [1.29, 1.82) is 0 Å². The zero-order valence-electron chi connectivity index (χ0n) is 8.83. The van der Waals surface area contributed by atoms with E-state index in [4.69, 9.17) is 16.3 Å². The third-order valence-corrected chi connectivity index (χ3v) is 2.52. The fourth-order valence-electron chi connectivity index (χ4n) is 0.944. The number of halogens is 1. The largest absolute Gasteiger partial charge is 0.474 e. The van der Waals surface area contributed by atoms with Crippen molar-refractivity contribution >= 4 is 11.6 Å². The highest BCUT2D eigenvalue weighted by Crippen LogP contribution is 2.19. The normalized spacial score (nSPS) is 12.9. The number of nitrogens with zero attached hydrogens (tertiary/aromatic N) is 1. The summed E-state index contributed by atoms with van der Waals surface area (Å²) < 4.78 is 5.70. The Morgan fingerprint density at radius 3 is 2.71 bits per heavy atom. The van der Waals surface area contributed by atoms with Gasteiger partial charge in [-0.15, -0.1) is 11.6 Å². The van der Waals surface area contributed by atoms with Gasteiger partial charge in [0.15, 0.2) is 0 Å². The average molecular weight is 214 g/mol. The Labute approximate surface area is 90.3 Å². The van der Waals surface area contributed by atoms with Crippen LogP contribution in [0.25, 0.3) is 0 Å². The Balaban J connectivity index is 2.75. The summed E-state index contributed by atoms with van der Waals surface area (Å²) in [5, 5.41) is 0. The Bertz CT molecular complexity index is 288. The SMILES string of the molecule is CC(C)C(C)Oc1ncccc1CCl. The second-order valence-corrected chi connectivity index (χ2v) is 3.94. The average Bonchev–Trinajstić information content (AvgIpc) is 2.18. The number of rotatable bonds is 4. The van der Waals surface area contributed by atoms with E-state index in [1.165, 1.54) is 0 Å². The number of ether oxygens (including phenoxy) is 1. The van der Waals surface area contributed by atoms with Gasteiger partial charge in [-0.25, -0.2) is 4.98 Å². The van der Waals surface area contributed by atoms with Crippen LogP contribution in [0.15, 0.2) is 18.3 Å². The molecule has 1 aromatic rings. The molecule has 0 bridgehead atoms. The molecule has 0 spiro atoms. The first kappa shape index (κ1) is 11.3. The second-order valence-electron chi connectivity index (χ2n) is 3.67. The Kier molecular flexibility index (Phi) is 4.21. The van der Waals surface area contributed by atoms with Crippen molar-refractivity contribution in [2.75, 3.05) is 0 Å². The highest BCUT2D eigenvalue weighted by molar-refractivity contribution is 6.17. The van der Waals surface area contributed by atoms with Gasteiger partial charge in [-0.05, 0) is 18.9 Å². The molecule has 1 rings (SSSR count). The highest BCUT2D eigenvalue weighted by Gasteiger charge is 2.11. The van der Waals surface area contributed by atoms with Gasteiger partial charge in [0.2, 0.25) is 5.88 Å². The first-order valence-corrected chi connectivity index (χ1v) is 5.35. The van der Waals surface area contributed by atoms with Gasteiger partial charge in [-0.3, -0.25) is 0 Å². The topological polar surface area (TPSA) is 22.1 Å². The highest BCUT2D eigenvalue weighted by atomic mass is 35.5. The van der Waals surface area contributed by atoms with Gasteiger partial charge in [0, 0.05) is 11.8 Å². The molecule has 1 atom stereocenters. The molecule has 0 aliphatic rings. The minimum atomic E-state index is 0.159. The monoisotopic (exact) mass is 213 g/mol. The van der Waals surface area contributed by atoms with Crippen molar-refractivity contribution in [3.8, 4) is 5.88 Å². The Morgan fingerprint density at radius 2 is 2.14 bits per heavy atom. The van der Waals surface area contributed by atoms with Crippen molar-refractivity contribution in [3.05, 3.63) is 23.9 Å². The molecular formula is C11H16ClNO. The van der Waals surface area contributed by atoms with Crippen molar-refractivity contribution in [3.63, 3.8) is 0 Å². The molecule has 0 saturated carbocycles. The molecule has 3 heteroatoms. The van der Waals surface area contributed by atoms with Crippen LogP contribution >= 0.6 is 11.6 Å². The number of hydrogen-bond donors (Lipinski definition) is 0.